The molecule has 16 heavy (non-hydrogen) atoms. The molecule has 1 rings (SSSR count). The first-order chi connectivity index (χ1) is 7.54. The van der Waals surface area contributed by atoms with Crippen molar-refractivity contribution in [3.8, 4) is 0 Å². The fourth-order valence-corrected chi connectivity index (χ4v) is 1.41. The molecule has 0 heterocycles. The van der Waals surface area contributed by atoms with Crippen LogP contribution in [0.1, 0.15) is 5.56 Å². The average molecular weight is 246 g/mol. The van der Waals surface area contributed by atoms with Gasteiger partial charge >= 0.3 is 6.03 Å². The van der Waals surface area contributed by atoms with Gasteiger partial charge in [0.15, 0.2) is 0 Å². The Morgan fingerprint density at radius 1 is 1.62 bits per heavy atom. The van der Waals surface area contributed by atoms with Gasteiger partial charge in [-0.15, -0.1) is 0 Å². The first kappa shape index (κ1) is 12.7. The number of nitrogens with one attached hydrogen (secondary N) is 1. The molecule has 6 heteroatoms. The van der Waals surface area contributed by atoms with Crippen LogP contribution >= 0.6 is 11.6 Å². The average Bonchev–Trinajstić information content (AvgIpc) is 2.29. The minimum atomic E-state index is -0.446. The zero-order valence-corrected chi connectivity index (χ0v) is 9.59. The maximum Gasteiger partial charge on any atom is 0.331 e. The Bertz CT molecular complexity index is 386. The summed E-state index contributed by atoms with van der Waals surface area (Å²) in [6.07, 6.45) is 0.587. The molecule has 0 fully saturated rings. The summed E-state index contributed by atoms with van der Waals surface area (Å²) in [5.74, 6) is 4.53. The fourth-order valence-electron chi connectivity index (χ4n) is 1.20. The van der Waals surface area contributed by atoms with E-state index in [0.717, 1.165) is 5.56 Å². The molecule has 0 aliphatic heterocycles. The van der Waals surface area contributed by atoms with Crippen molar-refractivity contribution in [2.24, 2.45) is 5.84 Å². The second-order valence-corrected chi connectivity index (χ2v) is 3.78. The highest BCUT2D eigenvalue weighted by Crippen LogP contribution is 2.16. The standard InChI is InChI=1S/C10H13ClFN3O/c1-15(10(16)14-13)5-4-7-2-3-9(12)8(11)6-7/h2-3,6H,4-5,13H2,1H3,(H,14,16). The Kier molecular flexibility index (Phi) is 4.52. The number of likely N-dealkylation sites (N-methyl/N-ethyl adjacent to an activating group) is 1. The maximum atomic E-state index is 12.9. The number of nitrogens with zero attached hydrogens (tertiary/aromatic N) is 1. The number of carbonyl (C=O) groups is 1. The number of hydrogen-bond acceptors (Lipinski definition) is 2. The first-order valence-corrected chi connectivity index (χ1v) is 5.08. The predicted molar refractivity (Wildman–Crippen MR) is 60.5 cm³/mol. The van der Waals surface area contributed by atoms with E-state index in [2.05, 4.69) is 0 Å². The Labute approximate surface area is 98.1 Å². The van der Waals surface area contributed by atoms with Crippen LogP contribution in [0.25, 0.3) is 0 Å². The third-order valence-corrected chi connectivity index (χ3v) is 2.48. The van der Waals surface area contributed by atoms with E-state index < -0.39 is 5.82 Å². The molecule has 0 aromatic heterocycles. The molecule has 3 N–H and O–H groups in total. The lowest BCUT2D eigenvalue weighted by molar-refractivity contribution is 0.209. The van der Waals surface area contributed by atoms with Crippen LogP contribution in [-0.4, -0.2) is 24.5 Å². The summed E-state index contributed by atoms with van der Waals surface area (Å²) in [5, 5.41) is 0.0865. The van der Waals surface area contributed by atoms with Gasteiger partial charge in [-0.25, -0.2) is 15.0 Å². The van der Waals surface area contributed by atoms with Gasteiger partial charge in [0.05, 0.1) is 5.02 Å². The van der Waals surface area contributed by atoms with Gasteiger partial charge < -0.3 is 4.90 Å². The van der Waals surface area contributed by atoms with Gasteiger partial charge in [0.2, 0.25) is 0 Å². The smallest absolute Gasteiger partial charge is 0.326 e. The zero-order valence-electron chi connectivity index (χ0n) is 8.84. The van der Waals surface area contributed by atoms with E-state index >= 15 is 0 Å². The SMILES string of the molecule is CN(CCc1ccc(F)c(Cl)c1)C(=O)NN. The molecule has 0 aliphatic rings. The van der Waals surface area contributed by atoms with Gasteiger partial charge in [0, 0.05) is 13.6 Å². The van der Waals surface area contributed by atoms with Crippen LogP contribution in [0.4, 0.5) is 9.18 Å². The largest absolute Gasteiger partial charge is 0.331 e. The third-order valence-electron chi connectivity index (χ3n) is 2.19. The fraction of sp³-hybridized carbons (Fsp3) is 0.300. The van der Waals surface area contributed by atoms with Crippen molar-refractivity contribution in [3.05, 3.63) is 34.6 Å². The molecule has 2 amide bonds. The number of amides is 2. The first-order valence-electron chi connectivity index (χ1n) is 4.70. The lowest BCUT2D eigenvalue weighted by Crippen LogP contribution is -2.41. The van der Waals surface area contributed by atoms with E-state index in [0.29, 0.717) is 13.0 Å². The van der Waals surface area contributed by atoms with Crippen LogP contribution in [0, 0.1) is 5.82 Å². The number of carbonyl (C=O) groups excluding carboxylic acids is 1. The third kappa shape index (κ3) is 3.36. The van der Waals surface area contributed by atoms with Gasteiger partial charge in [0.25, 0.3) is 0 Å². The topological polar surface area (TPSA) is 58.4 Å². The molecule has 88 valence electrons. The van der Waals surface area contributed by atoms with Gasteiger partial charge in [-0.1, -0.05) is 17.7 Å². The monoisotopic (exact) mass is 245 g/mol. The molecule has 4 nitrogen and oxygen atoms in total. The molecule has 0 bridgehead atoms. The number of hydrazine groups is 1. The zero-order chi connectivity index (χ0) is 12.1. The van der Waals surface area contributed by atoms with Gasteiger partial charge in [0.1, 0.15) is 5.82 Å². The molecular formula is C10H13ClFN3O. The Balaban J connectivity index is 2.55. The lowest BCUT2D eigenvalue weighted by Gasteiger charge is -2.15. The van der Waals surface area contributed by atoms with Crippen LogP contribution < -0.4 is 11.3 Å². The summed E-state index contributed by atoms with van der Waals surface area (Å²) in [4.78, 5) is 12.5. The van der Waals surface area contributed by atoms with Gasteiger partial charge in [-0.3, -0.25) is 5.43 Å². The summed E-state index contributed by atoms with van der Waals surface area (Å²) < 4.78 is 12.9. The van der Waals surface area contributed by atoms with E-state index in [-0.39, 0.29) is 11.1 Å². The molecule has 0 radical (unpaired) electrons. The number of halogens is 2. The quantitative estimate of drug-likeness (QED) is 0.482. The van der Waals surface area contributed by atoms with E-state index in [9.17, 15) is 9.18 Å². The summed E-state index contributed by atoms with van der Waals surface area (Å²) in [7, 11) is 1.62. The van der Waals surface area contributed by atoms with E-state index in [4.69, 9.17) is 17.4 Å². The highest BCUT2D eigenvalue weighted by Gasteiger charge is 2.07. The predicted octanol–water partition coefficient (Wildman–Crippen LogP) is 1.54. The molecule has 0 aliphatic carbocycles. The van der Waals surface area contributed by atoms with Crippen molar-refractivity contribution in [2.75, 3.05) is 13.6 Å². The number of benzene rings is 1. The molecule has 1 aromatic rings. The number of urea groups is 1. The number of nitrogens with two attached hydrogens (primary N) is 1. The summed E-state index contributed by atoms with van der Waals surface area (Å²) in [5.41, 5.74) is 2.89. The Morgan fingerprint density at radius 3 is 2.88 bits per heavy atom. The highest BCUT2D eigenvalue weighted by atomic mass is 35.5. The molecule has 0 spiro atoms. The second kappa shape index (κ2) is 5.67. The summed E-state index contributed by atoms with van der Waals surface area (Å²) >= 11 is 5.63. The Hall–Kier alpha value is -1.33. The minimum Gasteiger partial charge on any atom is -0.326 e. The summed E-state index contributed by atoms with van der Waals surface area (Å²) in [6.45, 7) is 0.477. The van der Waals surface area contributed by atoms with Crippen LogP contribution in [0.3, 0.4) is 0 Å². The van der Waals surface area contributed by atoms with Crippen molar-refractivity contribution in [1.29, 1.82) is 0 Å². The second-order valence-electron chi connectivity index (χ2n) is 3.37. The number of rotatable bonds is 3. The van der Waals surface area contributed by atoms with E-state index in [1.807, 2.05) is 5.43 Å². The van der Waals surface area contributed by atoms with Crippen molar-refractivity contribution in [1.82, 2.24) is 10.3 Å². The van der Waals surface area contributed by atoms with Crippen LogP contribution in [0.15, 0.2) is 18.2 Å². The Morgan fingerprint density at radius 2 is 2.31 bits per heavy atom. The van der Waals surface area contributed by atoms with Gasteiger partial charge in [-0.2, -0.15) is 0 Å². The molecule has 0 atom stereocenters. The molecular weight excluding hydrogens is 233 g/mol. The summed E-state index contributed by atoms with van der Waals surface area (Å²) in [6, 6.07) is 4.12. The molecule has 1 aromatic carbocycles. The normalized spacial score (nSPS) is 10.0. The lowest BCUT2D eigenvalue weighted by atomic mass is 10.1. The molecule has 0 saturated carbocycles. The van der Waals surface area contributed by atoms with Crippen molar-refractivity contribution in [3.63, 3.8) is 0 Å². The molecule has 0 saturated heterocycles. The van der Waals surface area contributed by atoms with Crippen molar-refractivity contribution >= 4 is 17.6 Å². The minimum absolute atomic E-state index is 0.0865. The van der Waals surface area contributed by atoms with Crippen molar-refractivity contribution in [2.45, 2.75) is 6.42 Å². The van der Waals surface area contributed by atoms with Crippen LogP contribution in [0.2, 0.25) is 5.02 Å². The highest BCUT2D eigenvalue weighted by molar-refractivity contribution is 6.30. The van der Waals surface area contributed by atoms with Gasteiger partial charge in [-0.05, 0) is 24.1 Å². The van der Waals surface area contributed by atoms with Crippen LogP contribution in [0.5, 0.6) is 0 Å². The van der Waals surface area contributed by atoms with Crippen molar-refractivity contribution < 1.29 is 9.18 Å². The van der Waals surface area contributed by atoms with E-state index in [1.165, 1.54) is 11.0 Å². The van der Waals surface area contributed by atoms with Crippen LogP contribution in [-0.2, 0) is 6.42 Å². The van der Waals surface area contributed by atoms with E-state index in [1.54, 1.807) is 19.2 Å². The number of hydrogen-bond donors (Lipinski definition) is 2. The molecule has 0 unspecified atom stereocenters. The maximum absolute atomic E-state index is 12.9.